The molecule has 1 aliphatic rings. The molecule has 1 amide bonds. The van der Waals surface area contributed by atoms with E-state index in [0.29, 0.717) is 13.0 Å². The van der Waals surface area contributed by atoms with Gasteiger partial charge in [-0.15, -0.1) is 0 Å². The molecule has 0 saturated carbocycles. The maximum Gasteiger partial charge on any atom is 0.239 e. The van der Waals surface area contributed by atoms with Crippen LogP contribution in [-0.2, 0) is 17.6 Å². The molecule has 1 aliphatic carbocycles. The number of carbonyl (C=O) groups is 1. The average Bonchev–Trinajstić information content (AvgIpc) is 2.84. The molecular formula is C14H17N3O. The Hall–Kier alpha value is -2.02. The quantitative estimate of drug-likeness (QED) is 0.772. The topological polar surface area (TPSA) is 64.9 Å². The third-order valence-electron chi connectivity index (χ3n) is 3.11. The Morgan fingerprint density at radius 1 is 1.33 bits per heavy atom. The van der Waals surface area contributed by atoms with Gasteiger partial charge in [0.25, 0.3) is 0 Å². The van der Waals surface area contributed by atoms with Gasteiger partial charge in [0.15, 0.2) is 0 Å². The normalized spacial score (nSPS) is 12.6. The fourth-order valence-electron chi connectivity index (χ4n) is 2.18. The summed E-state index contributed by atoms with van der Waals surface area (Å²) in [7, 11) is 0. The fraction of sp³-hybridized carbons (Fsp3) is 0.429. The second-order valence-electron chi connectivity index (χ2n) is 4.45. The third kappa shape index (κ3) is 3.24. The first-order valence-corrected chi connectivity index (χ1v) is 6.29. The van der Waals surface area contributed by atoms with Gasteiger partial charge in [-0.3, -0.25) is 4.79 Å². The van der Waals surface area contributed by atoms with Crippen LogP contribution in [0.1, 0.15) is 24.0 Å². The highest BCUT2D eigenvalue weighted by molar-refractivity contribution is 5.80. The molecule has 0 aliphatic heterocycles. The zero-order chi connectivity index (χ0) is 12.8. The summed E-state index contributed by atoms with van der Waals surface area (Å²) in [5.41, 5.74) is 3.81. The lowest BCUT2D eigenvalue weighted by Crippen LogP contribution is -2.30. The van der Waals surface area contributed by atoms with Gasteiger partial charge in [0.2, 0.25) is 5.91 Å². The number of hydrogen-bond acceptors (Lipinski definition) is 3. The first-order valence-electron chi connectivity index (χ1n) is 6.29. The lowest BCUT2D eigenvalue weighted by atomic mass is 10.1. The number of nitriles is 1. The van der Waals surface area contributed by atoms with E-state index in [0.717, 1.165) is 12.1 Å². The molecule has 0 unspecified atom stereocenters. The van der Waals surface area contributed by atoms with E-state index in [2.05, 4.69) is 22.8 Å². The highest BCUT2D eigenvalue weighted by atomic mass is 16.1. The molecule has 0 saturated heterocycles. The monoisotopic (exact) mass is 243 g/mol. The first kappa shape index (κ1) is 12.4. The first-order chi connectivity index (χ1) is 8.79. The lowest BCUT2D eigenvalue weighted by Gasteiger charge is -2.08. The molecule has 4 heteroatoms. The Kier molecular flexibility index (Phi) is 4.19. The van der Waals surface area contributed by atoms with E-state index < -0.39 is 0 Å². The number of amides is 1. The fourth-order valence-corrected chi connectivity index (χ4v) is 2.18. The number of carbonyl (C=O) groups excluding carboxylic acids is 1. The van der Waals surface area contributed by atoms with E-state index in [4.69, 9.17) is 5.26 Å². The Balaban J connectivity index is 1.80. The minimum absolute atomic E-state index is 0.0780. The van der Waals surface area contributed by atoms with E-state index in [9.17, 15) is 4.79 Å². The SMILES string of the molecule is N#CCCNC(=O)CNc1ccc2c(c1)CCC2. The summed E-state index contributed by atoms with van der Waals surface area (Å²) in [6, 6.07) is 8.28. The van der Waals surface area contributed by atoms with Gasteiger partial charge in [-0.25, -0.2) is 0 Å². The number of fused-ring (bicyclic) bond motifs is 1. The largest absolute Gasteiger partial charge is 0.376 e. The number of nitrogens with zero attached hydrogens (tertiary/aromatic N) is 1. The van der Waals surface area contributed by atoms with Crippen LogP contribution in [-0.4, -0.2) is 19.0 Å². The van der Waals surface area contributed by atoms with Crippen LogP contribution < -0.4 is 10.6 Å². The van der Waals surface area contributed by atoms with Gasteiger partial charge in [0.1, 0.15) is 0 Å². The molecule has 0 heterocycles. The summed E-state index contributed by atoms with van der Waals surface area (Å²) in [6.07, 6.45) is 3.89. The Labute approximate surface area is 107 Å². The van der Waals surface area contributed by atoms with Crippen molar-refractivity contribution in [3.63, 3.8) is 0 Å². The van der Waals surface area contributed by atoms with Gasteiger partial charge >= 0.3 is 0 Å². The lowest BCUT2D eigenvalue weighted by molar-refractivity contribution is -0.119. The maximum absolute atomic E-state index is 11.4. The molecule has 0 bridgehead atoms. The third-order valence-corrected chi connectivity index (χ3v) is 3.11. The Morgan fingerprint density at radius 3 is 3.00 bits per heavy atom. The summed E-state index contributed by atoms with van der Waals surface area (Å²) in [4.78, 5) is 11.4. The smallest absolute Gasteiger partial charge is 0.239 e. The van der Waals surface area contributed by atoms with Crippen molar-refractivity contribution in [2.75, 3.05) is 18.4 Å². The van der Waals surface area contributed by atoms with Crippen molar-refractivity contribution in [1.29, 1.82) is 5.26 Å². The summed E-state index contributed by atoms with van der Waals surface area (Å²) in [6.45, 7) is 0.672. The number of aryl methyl sites for hydroxylation is 2. The van der Waals surface area contributed by atoms with Gasteiger partial charge in [-0.2, -0.15) is 5.26 Å². The molecule has 0 spiro atoms. The summed E-state index contributed by atoms with van der Waals surface area (Å²) >= 11 is 0. The van der Waals surface area contributed by atoms with Crippen molar-refractivity contribution < 1.29 is 4.79 Å². The van der Waals surface area contributed by atoms with Gasteiger partial charge in [0.05, 0.1) is 19.0 Å². The van der Waals surface area contributed by atoms with Crippen molar-refractivity contribution in [2.24, 2.45) is 0 Å². The van der Waals surface area contributed by atoms with Crippen molar-refractivity contribution >= 4 is 11.6 Å². The molecule has 0 fully saturated rings. The second-order valence-corrected chi connectivity index (χ2v) is 4.45. The zero-order valence-electron chi connectivity index (χ0n) is 10.3. The van der Waals surface area contributed by atoms with Crippen LogP contribution in [0.2, 0.25) is 0 Å². The van der Waals surface area contributed by atoms with Crippen molar-refractivity contribution in [2.45, 2.75) is 25.7 Å². The number of anilines is 1. The van der Waals surface area contributed by atoms with Crippen LogP contribution in [0.4, 0.5) is 5.69 Å². The van der Waals surface area contributed by atoms with Crippen LogP contribution in [0.25, 0.3) is 0 Å². The molecule has 18 heavy (non-hydrogen) atoms. The van der Waals surface area contributed by atoms with Gasteiger partial charge in [0, 0.05) is 12.2 Å². The molecule has 1 aromatic rings. The molecule has 4 nitrogen and oxygen atoms in total. The number of benzene rings is 1. The minimum atomic E-state index is -0.0780. The number of nitrogens with one attached hydrogen (secondary N) is 2. The van der Waals surface area contributed by atoms with Gasteiger partial charge < -0.3 is 10.6 Å². The Morgan fingerprint density at radius 2 is 2.17 bits per heavy atom. The Bertz CT molecular complexity index is 476. The minimum Gasteiger partial charge on any atom is -0.376 e. The maximum atomic E-state index is 11.4. The van der Waals surface area contributed by atoms with Crippen LogP contribution in [0.5, 0.6) is 0 Å². The van der Waals surface area contributed by atoms with Crippen LogP contribution in [0, 0.1) is 11.3 Å². The van der Waals surface area contributed by atoms with Gasteiger partial charge in [-0.1, -0.05) is 6.07 Å². The molecule has 0 atom stereocenters. The van der Waals surface area contributed by atoms with Crippen LogP contribution >= 0.6 is 0 Å². The van der Waals surface area contributed by atoms with Crippen molar-refractivity contribution in [1.82, 2.24) is 5.32 Å². The predicted octanol–water partition coefficient (Wildman–Crippen LogP) is 1.62. The molecule has 94 valence electrons. The molecular weight excluding hydrogens is 226 g/mol. The predicted molar refractivity (Wildman–Crippen MR) is 70.2 cm³/mol. The molecule has 0 aromatic heterocycles. The highest BCUT2D eigenvalue weighted by Crippen LogP contribution is 2.24. The molecule has 0 radical (unpaired) electrons. The van der Waals surface area contributed by atoms with Crippen LogP contribution in [0.15, 0.2) is 18.2 Å². The van der Waals surface area contributed by atoms with Crippen LogP contribution in [0.3, 0.4) is 0 Å². The van der Waals surface area contributed by atoms with E-state index in [-0.39, 0.29) is 12.5 Å². The molecule has 2 N–H and O–H groups in total. The summed E-state index contributed by atoms with van der Waals surface area (Å²) in [5.74, 6) is -0.0780. The van der Waals surface area contributed by atoms with E-state index in [1.807, 2.05) is 12.1 Å². The molecule has 2 rings (SSSR count). The van der Waals surface area contributed by atoms with Gasteiger partial charge in [-0.05, 0) is 42.5 Å². The van der Waals surface area contributed by atoms with Crippen molar-refractivity contribution in [3.05, 3.63) is 29.3 Å². The number of hydrogen-bond donors (Lipinski definition) is 2. The van der Waals surface area contributed by atoms with E-state index in [1.165, 1.54) is 24.0 Å². The average molecular weight is 243 g/mol. The highest BCUT2D eigenvalue weighted by Gasteiger charge is 2.10. The second kappa shape index (κ2) is 6.06. The standard InChI is InChI=1S/C14H17N3O/c15-7-2-8-16-14(18)10-17-13-6-5-11-3-1-4-12(11)9-13/h5-6,9,17H,1-4,8,10H2,(H,16,18). The van der Waals surface area contributed by atoms with E-state index >= 15 is 0 Å². The summed E-state index contributed by atoms with van der Waals surface area (Å²) in [5, 5.41) is 14.1. The van der Waals surface area contributed by atoms with Crippen molar-refractivity contribution in [3.8, 4) is 6.07 Å². The summed E-state index contributed by atoms with van der Waals surface area (Å²) < 4.78 is 0. The van der Waals surface area contributed by atoms with E-state index in [1.54, 1.807) is 0 Å². The number of rotatable bonds is 5. The zero-order valence-corrected chi connectivity index (χ0v) is 10.3. The molecule has 1 aromatic carbocycles.